The number of amides is 1. The highest BCUT2D eigenvalue weighted by molar-refractivity contribution is 7.89. The Morgan fingerprint density at radius 2 is 1.74 bits per heavy atom. The van der Waals surface area contributed by atoms with Crippen LogP contribution in [0, 0.1) is 0 Å². The smallest absolute Gasteiger partial charge is 0.251 e. The fourth-order valence-corrected chi connectivity index (χ4v) is 3.06. The summed E-state index contributed by atoms with van der Waals surface area (Å²) in [5, 5.41) is 2.58. The molecule has 1 aromatic rings. The molecular formula is C15H24N2O5S. The van der Waals surface area contributed by atoms with Crippen molar-refractivity contribution in [1.82, 2.24) is 10.0 Å². The highest BCUT2D eigenvalue weighted by Crippen LogP contribution is 2.22. The van der Waals surface area contributed by atoms with Crippen LogP contribution in [0.1, 0.15) is 30.6 Å². The van der Waals surface area contributed by atoms with Gasteiger partial charge in [0.2, 0.25) is 10.0 Å². The summed E-state index contributed by atoms with van der Waals surface area (Å²) in [7, 11) is -0.431. The molecule has 23 heavy (non-hydrogen) atoms. The number of benzene rings is 1. The topological polar surface area (TPSA) is 93.7 Å². The van der Waals surface area contributed by atoms with E-state index in [0.717, 1.165) is 0 Å². The van der Waals surface area contributed by atoms with E-state index in [9.17, 15) is 13.2 Å². The summed E-state index contributed by atoms with van der Waals surface area (Å²) in [6.07, 6.45) is 0.704. The quantitative estimate of drug-likeness (QED) is 0.701. The number of hydrogen-bond acceptors (Lipinski definition) is 5. The largest absolute Gasteiger partial charge is 0.497 e. The van der Waals surface area contributed by atoms with E-state index in [1.54, 1.807) is 25.1 Å². The van der Waals surface area contributed by atoms with Crippen LogP contribution >= 0.6 is 0 Å². The fourth-order valence-electron chi connectivity index (χ4n) is 1.79. The van der Waals surface area contributed by atoms with Gasteiger partial charge >= 0.3 is 0 Å². The Bertz CT molecular complexity index is 609. The summed E-state index contributed by atoms with van der Waals surface area (Å²) in [6.45, 7) is 3.70. The second kappa shape index (κ2) is 8.73. The lowest BCUT2D eigenvalue weighted by Crippen LogP contribution is -2.38. The van der Waals surface area contributed by atoms with Crippen molar-refractivity contribution in [2.75, 3.05) is 26.5 Å². The average molecular weight is 344 g/mol. The first-order chi connectivity index (χ1) is 10.8. The van der Waals surface area contributed by atoms with Crippen LogP contribution in [0.25, 0.3) is 0 Å². The van der Waals surface area contributed by atoms with Crippen LogP contribution in [0.3, 0.4) is 0 Å². The van der Waals surface area contributed by atoms with Crippen molar-refractivity contribution in [3.05, 3.63) is 23.8 Å². The summed E-state index contributed by atoms with van der Waals surface area (Å²) in [5.74, 6) is 0.409. The molecule has 0 heterocycles. The maximum Gasteiger partial charge on any atom is 0.251 e. The Hall–Kier alpha value is -1.80. The molecule has 0 aliphatic rings. The molecule has 0 fully saturated rings. The molecule has 7 nitrogen and oxygen atoms in total. The zero-order chi connectivity index (χ0) is 17.5. The molecule has 0 aliphatic carbocycles. The summed E-state index contributed by atoms with van der Waals surface area (Å²) in [4.78, 5) is 12.1. The Labute approximate surface area is 137 Å². The van der Waals surface area contributed by atoms with Crippen LogP contribution in [-0.2, 0) is 10.0 Å². The van der Waals surface area contributed by atoms with Crippen molar-refractivity contribution in [1.29, 1.82) is 0 Å². The molecule has 1 atom stereocenters. The Kier molecular flexibility index (Phi) is 7.31. The summed E-state index contributed by atoms with van der Waals surface area (Å²) < 4.78 is 36.4. The molecule has 0 aromatic heterocycles. The first-order valence-electron chi connectivity index (χ1n) is 7.32. The SMILES string of the molecule is CC[C@H](C)NS(=O)(=O)CCNC(=O)c1cc(OC)cc(OC)c1. The van der Waals surface area contributed by atoms with E-state index in [1.807, 2.05) is 6.92 Å². The third kappa shape index (κ3) is 6.45. The maximum absolute atomic E-state index is 12.1. The van der Waals surface area contributed by atoms with Gasteiger partial charge in [-0.1, -0.05) is 6.92 Å². The fraction of sp³-hybridized carbons (Fsp3) is 0.533. The number of nitrogens with one attached hydrogen (secondary N) is 2. The molecular weight excluding hydrogens is 320 g/mol. The van der Waals surface area contributed by atoms with Crippen molar-refractivity contribution in [3.63, 3.8) is 0 Å². The minimum atomic E-state index is -3.41. The first kappa shape index (κ1) is 19.2. The van der Waals surface area contributed by atoms with Crippen LogP contribution in [0.15, 0.2) is 18.2 Å². The van der Waals surface area contributed by atoms with Crippen molar-refractivity contribution < 1.29 is 22.7 Å². The third-order valence-electron chi connectivity index (χ3n) is 3.26. The van der Waals surface area contributed by atoms with Crippen LogP contribution in [-0.4, -0.2) is 46.9 Å². The Balaban J connectivity index is 2.64. The van der Waals surface area contributed by atoms with Gasteiger partial charge in [-0.15, -0.1) is 0 Å². The molecule has 0 aliphatic heterocycles. The Morgan fingerprint density at radius 1 is 1.17 bits per heavy atom. The highest BCUT2D eigenvalue weighted by Gasteiger charge is 2.15. The maximum atomic E-state index is 12.1. The van der Waals surface area contributed by atoms with Gasteiger partial charge < -0.3 is 14.8 Å². The van der Waals surface area contributed by atoms with Crippen LogP contribution in [0.4, 0.5) is 0 Å². The van der Waals surface area contributed by atoms with E-state index in [-0.39, 0.29) is 24.2 Å². The molecule has 130 valence electrons. The lowest BCUT2D eigenvalue weighted by atomic mass is 10.2. The van der Waals surface area contributed by atoms with Crippen LogP contribution < -0.4 is 19.5 Å². The van der Waals surface area contributed by atoms with Gasteiger partial charge in [0.25, 0.3) is 5.91 Å². The Morgan fingerprint density at radius 3 is 2.22 bits per heavy atom. The van der Waals surface area contributed by atoms with Gasteiger partial charge in [0, 0.05) is 24.2 Å². The molecule has 8 heteroatoms. The lowest BCUT2D eigenvalue weighted by Gasteiger charge is -2.12. The molecule has 0 saturated carbocycles. The lowest BCUT2D eigenvalue weighted by molar-refractivity contribution is 0.0955. The number of carbonyl (C=O) groups is 1. The molecule has 2 N–H and O–H groups in total. The van der Waals surface area contributed by atoms with Crippen molar-refractivity contribution in [2.45, 2.75) is 26.3 Å². The number of rotatable bonds is 9. The van der Waals surface area contributed by atoms with Gasteiger partial charge in [0.15, 0.2) is 0 Å². The molecule has 1 amide bonds. The van der Waals surface area contributed by atoms with Gasteiger partial charge in [-0.25, -0.2) is 13.1 Å². The van der Waals surface area contributed by atoms with E-state index in [4.69, 9.17) is 9.47 Å². The van der Waals surface area contributed by atoms with Crippen molar-refractivity contribution in [2.24, 2.45) is 0 Å². The van der Waals surface area contributed by atoms with Crippen molar-refractivity contribution in [3.8, 4) is 11.5 Å². The zero-order valence-corrected chi connectivity index (χ0v) is 14.7. The minimum absolute atomic E-state index is 0.0180. The summed E-state index contributed by atoms with van der Waals surface area (Å²) in [5.41, 5.74) is 0.341. The molecule has 0 bridgehead atoms. The minimum Gasteiger partial charge on any atom is -0.497 e. The monoisotopic (exact) mass is 344 g/mol. The summed E-state index contributed by atoms with van der Waals surface area (Å²) in [6, 6.07) is 4.64. The normalized spacial score (nSPS) is 12.5. The second-order valence-corrected chi connectivity index (χ2v) is 6.98. The summed E-state index contributed by atoms with van der Waals surface area (Å²) >= 11 is 0. The standard InChI is InChI=1S/C15H24N2O5S/c1-5-11(2)17-23(19,20)7-6-16-15(18)12-8-13(21-3)10-14(9-12)22-4/h8-11,17H,5-7H2,1-4H3,(H,16,18)/t11-/m0/s1. The van der Waals surface area contributed by atoms with Gasteiger partial charge in [-0.3, -0.25) is 4.79 Å². The average Bonchev–Trinajstić information content (AvgIpc) is 2.53. The number of methoxy groups -OCH3 is 2. The molecule has 1 aromatic carbocycles. The van der Waals surface area contributed by atoms with Gasteiger partial charge in [0.05, 0.1) is 20.0 Å². The first-order valence-corrected chi connectivity index (χ1v) is 8.97. The molecule has 0 spiro atoms. The predicted octanol–water partition coefficient (Wildman–Crippen LogP) is 1.15. The number of ether oxygens (including phenoxy) is 2. The van der Waals surface area contributed by atoms with Gasteiger partial charge in [0.1, 0.15) is 11.5 Å². The number of sulfonamides is 1. The number of carbonyl (C=O) groups excluding carboxylic acids is 1. The number of hydrogen-bond donors (Lipinski definition) is 2. The van der Waals surface area contributed by atoms with Crippen LogP contribution in [0.2, 0.25) is 0 Å². The van der Waals surface area contributed by atoms with E-state index < -0.39 is 10.0 Å². The van der Waals surface area contributed by atoms with Crippen LogP contribution in [0.5, 0.6) is 11.5 Å². The van der Waals surface area contributed by atoms with E-state index >= 15 is 0 Å². The van der Waals surface area contributed by atoms with E-state index in [2.05, 4.69) is 10.0 Å². The van der Waals surface area contributed by atoms with Crippen molar-refractivity contribution >= 4 is 15.9 Å². The van der Waals surface area contributed by atoms with E-state index in [0.29, 0.717) is 23.5 Å². The zero-order valence-electron chi connectivity index (χ0n) is 13.9. The van der Waals surface area contributed by atoms with E-state index in [1.165, 1.54) is 14.2 Å². The second-order valence-electron chi connectivity index (χ2n) is 5.10. The van der Waals surface area contributed by atoms with Gasteiger partial charge in [-0.05, 0) is 25.5 Å². The molecule has 0 saturated heterocycles. The molecule has 0 radical (unpaired) electrons. The predicted molar refractivity (Wildman–Crippen MR) is 88.6 cm³/mol. The molecule has 0 unspecified atom stereocenters. The van der Waals surface area contributed by atoms with Gasteiger partial charge in [-0.2, -0.15) is 0 Å². The molecule has 1 rings (SSSR count). The third-order valence-corrected chi connectivity index (χ3v) is 4.77. The highest BCUT2D eigenvalue weighted by atomic mass is 32.2.